The first-order valence-corrected chi connectivity index (χ1v) is 6.63. The molecule has 0 aliphatic rings. The molecule has 1 amide bonds. The zero-order valence-electron chi connectivity index (χ0n) is 12.4. The van der Waals surface area contributed by atoms with E-state index in [1.165, 1.54) is 18.2 Å². The zero-order valence-corrected chi connectivity index (χ0v) is 12.4. The molecule has 22 heavy (non-hydrogen) atoms. The van der Waals surface area contributed by atoms with Gasteiger partial charge in [-0.05, 0) is 36.4 Å². The van der Waals surface area contributed by atoms with Crippen LogP contribution in [0.25, 0.3) is 6.08 Å². The number of nitrogens with one attached hydrogen (secondary N) is 1. The molecule has 2 aromatic carbocycles. The lowest BCUT2D eigenvalue weighted by Crippen LogP contribution is -2.07. The van der Waals surface area contributed by atoms with E-state index in [0.29, 0.717) is 17.2 Å². The normalized spacial score (nSPS) is 10.5. The van der Waals surface area contributed by atoms with Crippen molar-refractivity contribution in [2.75, 3.05) is 19.5 Å². The summed E-state index contributed by atoms with van der Waals surface area (Å²) < 4.78 is 10.5. The number of phenolic OH excluding ortho intramolecular Hbond substituents is 1. The predicted molar refractivity (Wildman–Crippen MR) is 85.3 cm³/mol. The van der Waals surface area contributed by atoms with Crippen molar-refractivity contribution in [3.8, 4) is 17.2 Å². The second-order valence-corrected chi connectivity index (χ2v) is 4.45. The molecule has 2 aromatic rings. The van der Waals surface area contributed by atoms with E-state index in [9.17, 15) is 9.90 Å². The SMILES string of the molecule is COc1cccc(C=CC(=O)Nc2ccc(O)cc2)c1OC. The van der Waals surface area contributed by atoms with Crippen molar-refractivity contribution in [2.45, 2.75) is 0 Å². The summed E-state index contributed by atoms with van der Waals surface area (Å²) in [7, 11) is 3.11. The molecule has 0 atom stereocenters. The molecule has 0 heterocycles. The largest absolute Gasteiger partial charge is 0.508 e. The number of para-hydroxylation sites is 1. The monoisotopic (exact) mass is 299 g/mol. The highest BCUT2D eigenvalue weighted by Gasteiger charge is 2.07. The fraction of sp³-hybridized carbons (Fsp3) is 0.118. The van der Waals surface area contributed by atoms with E-state index in [1.807, 2.05) is 12.1 Å². The Bertz CT molecular complexity index is 678. The molecule has 0 aromatic heterocycles. The van der Waals surface area contributed by atoms with Gasteiger partial charge in [0.15, 0.2) is 11.5 Å². The van der Waals surface area contributed by atoms with Crippen LogP contribution in [0.3, 0.4) is 0 Å². The van der Waals surface area contributed by atoms with Crippen LogP contribution < -0.4 is 14.8 Å². The lowest BCUT2D eigenvalue weighted by atomic mass is 10.1. The van der Waals surface area contributed by atoms with Gasteiger partial charge in [-0.15, -0.1) is 0 Å². The van der Waals surface area contributed by atoms with Gasteiger partial charge in [0.2, 0.25) is 5.91 Å². The third-order valence-electron chi connectivity index (χ3n) is 2.98. The summed E-state index contributed by atoms with van der Waals surface area (Å²) in [6, 6.07) is 11.7. The molecule has 0 radical (unpaired) electrons. The van der Waals surface area contributed by atoms with Gasteiger partial charge in [-0.1, -0.05) is 12.1 Å². The first-order valence-electron chi connectivity index (χ1n) is 6.63. The lowest BCUT2D eigenvalue weighted by molar-refractivity contribution is -0.111. The summed E-state index contributed by atoms with van der Waals surface area (Å²) in [5, 5.41) is 11.9. The first kappa shape index (κ1) is 15.4. The highest BCUT2D eigenvalue weighted by molar-refractivity contribution is 6.02. The summed E-state index contributed by atoms with van der Waals surface area (Å²) in [5.41, 5.74) is 1.34. The van der Waals surface area contributed by atoms with E-state index >= 15 is 0 Å². The van der Waals surface area contributed by atoms with Crippen molar-refractivity contribution >= 4 is 17.7 Å². The van der Waals surface area contributed by atoms with E-state index in [4.69, 9.17) is 9.47 Å². The number of ether oxygens (including phenoxy) is 2. The van der Waals surface area contributed by atoms with Crippen molar-refractivity contribution in [3.05, 3.63) is 54.1 Å². The molecule has 0 fully saturated rings. The topological polar surface area (TPSA) is 67.8 Å². The van der Waals surface area contributed by atoms with E-state index in [2.05, 4.69) is 5.32 Å². The Morgan fingerprint density at radius 3 is 2.45 bits per heavy atom. The maximum Gasteiger partial charge on any atom is 0.248 e. The number of aromatic hydroxyl groups is 1. The molecule has 0 saturated carbocycles. The maximum absolute atomic E-state index is 11.9. The third-order valence-corrected chi connectivity index (χ3v) is 2.98. The van der Waals surface area contributed by atoms with Crippen LogP contribution in [0.1, 0.15) is 5.56 Å². The van der Waals surface area contributed by atoms with E-state index in [1.54, 1.807) is 38.5 Å². The standard InChI is InChI=1S/C17H17NO4/c1-21-15-5-3-4-12(17(15)22-2)6-11-16(20)18-13-7-9-14(19)10-8-13/h3-11,19H,1-2H3,(H,18,20). The minimum absolute atomic E-state index is 0.148. The van der Waals surface area contributed by atoms with Crippen LogP contribution in [-0.2, 0) is 4.79 Å². The van der Waals surface area contributed by atoms with Crippen LogP contribution in [0, 0.1) is 0 Å². The molecular weight excluding hydrogens is 282 g/mol. The zero-order chi connectivity index (χ0) is 15.9. The number of carbonyl (C=O) groups excluding carboxylic acids is 1. The number of methoxy groups -OCH3 is 2. The van der Waals surface area contributed by atoms with E-state index < -0.39 is 0 Å². The van der Waals surface area contributed by atoms with Gasteiger partial charge < -0.3 is 19.9 Å². The Morgan fingerprint density at radius 1 is 1.09 bits per heavy atom. The van der Waals surface area contributed by atoms with Crippen molar-refractivity contribution < 1.29 is 19.4 Å². The second-order valence-electron chi connectivity index (χ2n) is 4.45. The average molecular weight is 299 g/mol. The molecule has 0 unspecified atom stereocenters. The maximum atomic E-state index is 11.9. The number of hydrogen-bond acceptors (Lipinski definition) is 4. The van der Waals surface area contributed by atoms with Gasteiger partial charge in [0.25, 0.3) is 0 Å². The molecule has 114 valence electrons. The van der Waals surface area contributed by atoms with Gasteiger partial charge in [0.05, 0.1) is 14.2 Å². The quantitative estimate of drug-likeness (QED) is 0.657. The number of benzene rings is 2. The number of anilines is 1. The third kappa shape index (κ3) is 3.79. The highest BCUT2D eigenvalue weighted by Crippen LogP contribution is 2.31. The van der Waals surface area contributed by atoms with Gasteiger partial charge in [-0.2, -0.15) is 0 Å². The molecular formula is C17H17NO4. The first-order chi connectivity index (χ1) is 10.6. The van der Waals surface area contributed by atoms with E-state index in [0.717, 1.165) is 5.56 Å². The molecule has 2 rings (SSSR count). The number of rotatable bonds is 5. The molecule has 0 bridgehead atoms. The van der Waals surface area contributed by atoms with Gasteiger partial charge >= 0.3 is 0 Å². The Morgan fingerprint density at radius 2 is 1.82 bits per heavy atom. The van der Waals surface area contributed by atoms with Crippen LogP contribution in [0.4, 0.5) is 5.69 Å². The predicted octanol–water partition coefficient (Wildman–Crippen LogP) is 3.06. The number of amides is 1. The molecule has 5 heteroatoms. The fourth-order valence-corrected chi connectivity index (χ4v) is 1.94. The summed E-state index contributed by atoms with van der Waals surface area (Å²) >= 11 is 0. The second kappa shape index (κ2) is 7.17. The molecule has 0 aliphatic heterocycles. The highest BCUT2D eigenvalue weighted by atomic mass is 16.5. The molecule has 0 spiro atoms. The van der Waals surface area contributed by atoms with Crippen molar-refractivity contribution in [1.29, 1.82) is 0 Å². The molecule has 0 saturated heterocycles. The summed E-state index contributed by atoms with van der Waals surface area (Å²) in [4.78, 5) is 11.9. The van der Waals surface area contributed by atoms with Crippen LogP contribution in [-0.4, -0.2) is 25.2 Å². The summed E-state index contributed by atoms with van der Waals surface area (Å²) in [5.74, 6) is 1.03. The van der Waals surface area contributed by atoms with Crippen LogP contribution in [0.15, 0.2) is 48.5 Å². The van der Waals surface area contributed by atoms with Crippen molar-refractivity contribution in [3.63, 3.8) is 0 Å². The van der Waals surface area contributed by atoms with Crippen molar-refractivity contribution in [2.24, 2.45) is 0 Å². The average Bonchev–Trinajstić information content (AvgIpc) is 2.54. The van der Waals surface area contributed by atoms with Gasteiger partial charge in [-0.3, -0.25) is 4.79 Å². The summed E-state index contributed by atoms with van der Waals surface area (Å²) in [6.45, 7) is 0. The van der Waals surface area contributed by atoms with Crippen LogP contribution >= 0.6 is 0 Å². The number of phenols is 1. The fourth-order valence-electron chi connectivity index (χ4n) is 1.94. The Hall–Kier alpha value is -2.95. The summed E-state index contributed by atoms with van der Waals surface area (Å²) in [6.07, 6.45) is 3.06. The Kier molecular flexibility index (Phi) is 5.03. The Labute approximate surface area is 128 Å². The van der Waals surface area contributed by atoms with E-state index in [-0.39, 0.29) is 11.7 Å². The molecule has 0 aliphatic carbocycles. The van der Waals surface area contributed by atoms with Gasteiger partial charge in [0, 0.05) is 17.3 Å². The van der Waals surface area contributed by atoms with Crippen LogP contribution in [0.5, 0.6) is 17.2 Å². The van der Waals surface area contributed by atoms with Crippen molar-refractivity contribution in [1.82, 2.24) is 0 Å². The number of carbonyl (C=O) groups is 1. The smallest absolute Gasteiger partial charge is 0.248 e. The molecule has 2 N–H and O–H groups in total. The van der Waals surface area contributed by atoms with Crippen LogP contribution in [0.2, 0.25) is 0 Å². The lowest BCUT2D eigenvalue weighted by Gasteiger charge is -2.09. The van der Waals surface area contributed by atoms with Gasteiger partial charge in [-0.25, -0.2) is 0 Å². The van der Waals surface area contributed by atoms with Gasteiger partial charge in [0.1, 0.15) is 5.75 Å². The minimum Gasteiger partial charge on any atom is -0.508 e. The number of hydrogen-bond donors (Lipinski definition) is 2. The Balaban J connectivity index is 2.11. The molecule has 5 nitrogen and oxygen atoms in total. The minimum atomic E-state index is -0.282.